The van der Waals surface area contributed by atoms with Crippen molar-refractivity contribution >= 4 is 5.91 Å². The topological polar surface area (TPSA) is 78.6 Å². The molecule has 2 aliphatic heterocycles. The van der Waals surface area contributed by atoms with Crippen LogP contribution in [-0.2, 0) is 24.4 Å². The largest absolute Gasteiger partial charge is 0.483 e. The molecule has 0 spiro atoms. The first kappa shape index (κ1) is 25.0. The van der Waals surface area contributed by atoms with Gasteiger partial charge in [-0.05, 0) is 25.0 Å². The number of imidazole rings is 1. The molecule has 6 rings (SSSR count). The number of halogens is 2. The number of carbonyl (C=O) groups is 1. The maximum absolute atomic E-state index is 14.2. The molecule has 2 atom stereocenters. The van der Waals surface area contributed by atoms with Crippen molar-refractivity contribution in [1.29, 1.82) is 0 Å². The molecule has 1 fully saturated rings. The van der Waals surface area contributed by atoms with Crippen LogP contribution >= 0.6 is 0 Å². The number of benzene rings is 2. The number of pyridine rings is 1. The average molecular weight is 533 g/mol. The number of nitrogens with zero attached hydrogens (tertiary/aromatic N) is 4. The Morgan fingerprint density at radius 3 is 2.72 bits per heavy atom. The van der Waals surface area contributed by atoms with E-state index in [2.05, 4.69) is 4.98 Å². The predicted octanol–water partition coefficient (Wildman–Crippen LogP) is 4.21. The minimum absolute atomic E-state index is 0.0377. The number of aromatic nitrogens is 3. The molecule has 0 radical (unpaired) electrons. The van der Waals surface area contributed by atoms with Crippen molar-refractivity contribution in [1.82, 2.24) is 19.0 Å². The van der Waals surface area contributed by atoms with Crippen LogP contribution in [0.1, 0.15) is 35.0 Å². The molecular weight excluding hydrogens is 506 g/mol. The van der Waals surface area contributed by atoms with Crippen LogP contribution < -0.4 is 10.2 Å². The van der Waals surface area contributed by atoms with E-state index >= 15 is 0 Å². The van der Waals surface area contributed by atoms with Crippen LogP contribution in [0.2, 0.25) is 0 Å². The number of hydrogen-bond acceptors (Lipinski definition) is 5. The van der Waals surface area contributed by atoms with E-state index in [1.165, 1.54) is 18.5 Å². The Balaban J connectivity index is 1.40. The fourth-order valence-electron chi connectivity index (χ4n) is 5.12. The van der Waals surface area contributed by atoms with Gasteiger partial charge in [-0.2, -0.15) is 0 Å². The minimum Gasteiger partial charge on any atom is -0.483 e. The van der Waals surface area contributed by atoms with E-state index in [0.717, 1.165) is 11.6 Å². The zero-order valence-electron chi connectivity index (χ0n) is 21.2. The molecule has 0 bridgehead atoms. The lowest BCUT2D eigenvalue weighted by Gasteiger charge is -2.44. The van der Waals surface area contributed by atoms with Crippen LogP contribution in [0.5, 0.6) is 5.75 Å². The van der Waals surface area contributed by atoms with Crippen molar-refractivity contribution < 1.29 is 23.0 Å². The van der Waals surface area contributed by atoms with Gasteiger partial charge in [0.25, 0.3) is 5.91 Å². The van der Waals surface area contributed by atoms with E-state index in [1.807, 2.05) is 37.3 Å². The second-order valence-electron chi connectivity index (χ2n) is 9.82. The summed E-state index contributed by atoms with van der Waals surface area (Å²) in [6.45, 7) is 3.05. The molecule has 0 aliphatic carbocycles. The molecule has 1 amide bonds. The number of rotatable bonds is 6. The monoisotopic (exact) mass is 532 g/mol. The molecule has 0 saturated carbocycles. The van der Waals surface area contributed by atoms with Crippen LogP contribution in [0.4, 0.5) is 8.78 Å². The second-order valence-corrected chi connectivity index (χ2v) is 9.82. The predicted molar refractivity (Wildman–Crippen MR) is 138 cm³/mol. The van der Waals surface area contributed by atoms with Crippen molar-refractivity contribution in [3.8, 4) is 17.0 Å². The molecule has 2 aliphatic rings. The van der Waals surface area contributed by atoms with Crippen molar-refractivity contribution in [2.75, 3.05) is 6.61 Å². The zero-order valence-corrected chi connectivity index (χ0v) is 21.2. The third-order valence-electron chi connectivity index (χ3n) is 7.16. The molecule has 2 aromatic carbocycles. The maximum Gasteiger partial charge on any atom is 0.276 e. The van der Waals surface area contributed by atoms with E-state index in [-0.39, 0.29) is 47.7 Å². The van der Waals surface area contributed by atoms with Gasteiger partial charge in [-0.3, -0.25) is 9.59 Å². The summed E-state index contributed by atoms with van der Waals surface area (Å²) in [7, 11) is 0. The van der Waals surface area contributed by atoms with Crippen LogP contribution in [0.15, 0.2) is 72.0 Å². The summed E-state index contributed by atoms with van der Waals surface area (Å²) in [5, 5.41) is 0. The molecule has 1 saturated heterocycles. The van der Waals surface area contributed by atoms with Crippen LogP contribution in [-0.4, -0.2) is 43.8 Å². The van der Waals surface area contributed by atoms with Gasteiger partial charge in [-0.15, -0.1) is 0 Å². The number of fused-ring (bicyclic) bond motifs is 2. The quantitative estimate of drug-likeness (QED) is 0.372. The first-order chi connectivity index (χ1) is 18.9. The van der Waals surface area contributed by atoms with Gasteiger partial charge >= 0.3 is 0 Å². The Morgan fingerprint density at radius 1 is 1.10 bits per heavy atom. The second kappa shape index (κ2) is 10.1. The van der Waals surface area contributed by atoms with Crippen molar-refractivity contribution in [3.63, 3.8) is 0 Å². The molecule has 8 nitrogen and oxygen atoms in total. The zero-order chi connectivity index (χ0) is 27.1. The van der Waals surface area contributed by atoms with Crippen LogP contribution in [0.3, 0.4) is 0 Å². The highest BCUT2D eigenvalue weighted by Gasteiger charge is 2.41. The normalized spacial score (nSPS) is 18.5. The average Bonchev–Trinajstić information content (AvgIpc) is 3.38. The molecule has 2 aromatic heterocycles. The summed E-state index contributed by atoms with van der Waals surface area (Å²) in [5.41, 5.74) is 1.43. The lowest BCUT2D eigenvalue weighted by atomic mass is 10.1. The Bertz CT molecular complexity index is 1600. The highest BCUT2D eigenvalue weighted by atomic mass is 19.1. The van der Waals surface area contributed by atoms with Gasteiger partial charge in [0.1, 0.15) is 18.2 Å². The van der Waals surface area contributed by atoms with Gasteiger partial charge in [0.05, 0.1) is 37.3 Å². The molecule has 200 valence electrons. The van der Waals surface area contributed by atoms with E-state index in [9.17, 15) is 18.4 Å². The molecular formula is C29H26F2N4O4. The van der Waals surface area contributed by atoms with E-state index in [4.69, 9.17) is 9.47 Å². The molecule has 39 heavy (non-hydrogen) atoms. The standard InChI is InChI=1S/C29H26F2N4O4/c1-18-9-10-38-25-15-34-13-22(24-14-33(17-32-24)12-20-7-8-21(30)11-23(20)31)27(36)28(26(34)29(37)35(18)25)39-16-19-5-3-2-4-6-19/h2-8,11,13-14,17-18,25H,9-10,12,15-16H2,1H3/t18-,25+/m1/s1. The van der Waals surface area contributed by atoms with E-state index in [1.54, 1.807) is 26.4 Å². The van der Waals surface area contributed by atoms with Gasteiger partial charge in [-0.25, -0.2) is 13.8 Å². The van der Waals surface area contributed by atoms with E-state index in [0.29, 0.717) is 25.3 Å². The van der Waals surface area contributed by atoms with Gasteiger partial charge in [-0.1, -0.05) is 36.4 Å². The van der Waals surface area contributed by atoms with Crippen molar-refractivity contribution in [2.45, 2.75) is 45.3 Å². The molecule has 0 unspecified atom stereocenters. The van der Waals surface area contributed by atoms with E-state index < -0.39 is 23.3 Å². The fraction of sp³-hybridized carbons (Fsp3) is 0.276. The lowest BCUT2D eigenvalue weighted by Crippen LogP contribution is -2.57. The highest BCUT2D eigenvalue weighted by molar-refractivity contribution is 5.97. The number of amides is 1. The summed E-state index contributed by atoms with van der Waals surface area (Å²) in [5.74, 6) is -1.68. The SMILES string of the molecule is C[C@@H]1CCO[C@H]2Cn3cc(-c4cn(Cc5ccc(F)cc5F)cn4)c(=O)c(OCc4ccccc4)c3C(=O)N12. The third kappa shape index (κ3) is 4.72. The fourth-order valence-corrected chi connectivity index (χ4v) is 5.12. The summed E-state index contributed by atoms with van der Waals surface area (Å²) in [4.78, 5) is 33.6. The van der Waals surface area contributed by atoms with Crippen LogP contribution in [0.25, 0.3) is 11.3 Å². The first-order valence-electron chi connectivity index (χ1n) is 12.7. The number of carbonyl (C=O) groups excluding carboxylic acids is 1. The molecule has 0 N–H and O–H groups in total. The van der Waals surface area contributed by atoms with Crippen LogP contribution in [0, 0.1) is 11.6 Å². The Morgan fingerprint density at radius 2 is 1.92 bits per heavy atom. The number of hydrogen-bond donors (Lipinski definition) is 0. The smallest absolute Gasteiger partial charge is 0.276 e. The molecule has 10 heteroatoms. The molecule has 4 aromatic rings. The summed E-state index contributed by atoms with van der Waals surface area (Å²) in [6.07, 6.45) is 4.95. The summed E-state index contributed by atoms with van der Waals surface area (Å²) >= 11 is 0. The summed E-state index contributed by atoms with van der Waals surface area (Å²) in [6, 6.07) is 12.7. The summed E-state index contributed by atoms with van der Waals surface area (Å²) < 4.78 is 42.8. The first-order valence-corrected chi connectivity index (χ1v) is 12.7. The maximum atomic E-state index is 14.2. The van der Waals surface area contributed by atoms with Crippen molar-refractivity contribution in [2.24, 2.45) is 0 Å². The Labute approximate surface area is 223 Å². The van der Waals surface area contributed by atoms with Gasteiger partial charge < -0.3 is 23.5 Å². The van der Waals surface area contributed by atoms with Gasteiger partial charge in [0, 0.05) is 30.1 Å². The number of ether oxygens (including phenoxy) is 2. The minimum atomic E-state index is -0.666. The van der Waals surface area contributed by atoms with Gasteiger partial charge in [0.15, 0.2) is 17.7 Å². The lowest BCUT2D eigenvalue weighted by molar-refractivity contribution is -0.112. The third-order valence-corrected chi connectivity index (χ3v) is 7.16. The van der Waals surface area contributed by atoms with Gasteiger partial charge in [0.2, 0.25) is 5.43 Å². The highest BCUT2D eigenvalue weighted by Crippen LogP contribution is 2.31. The Hall–Kier alpha value is -4.31. The Kier molecular flexibility index (Phi) is 6.48. The van der Waals surface area contributed by atoms with Crippen molar-refractivity contribution in [3.05, 3.63) is 106 Å². The molecule has 4 heterocycles.